The van der Waals surface area contributed by atoms with Gasteiger partial charge < -0.3 is 15.5 Å². The molecule has 1 unspecified atom stereocenters. The van der Waals surface area contributed by atoms with Gasteiger partial charge in [-0.25, -0.2) is 9.98 Å². The number of alkyl halides is 3. The third-order valence-corrected chi connectivity index (χ3v) is 4.99. The van der Waals surface area contributed by atoms with Gasteiger partial charge in [-0.15, -0.1) is 11.3 Å². The lowest BCUT2D eigenvalue weighted by Crippen LogP contribution is -2.41. The molecule has 1 aromatic heterocycles. The Morgan fingerprint density at radius 3 is 2.46 bits per heavy atom. The molecule has 1 heterocycles. The van der Waals surface area contributed by atoms with Crippen LogP contribution >= 0.6 is 22.9 Å². The van der Waals surface area contributed by atoms with E-state index in [0.29, 0.717) is 29.1 Å². The van der Waals surface area contributed by atoms with E-state index in [1.54, 1.807) is 0 Å². The first-order valence-corrected chi connectivity index (χ1v) is 9.92. The number of aliphatic imine (C=N–C) groups is 1. The van der Waals surface area contributed by atoms with Crippen molar-refractivity contribution in [2.24, 2.45) is 4.99 Å². The van der Waals surface area contributed by atoms with Gasteiger partial charge in [-0.05, 0) is 38.7 Å². The normalized spacial score (nSPS) is 13.6. The summed E-state index contributed by atoms with van der Waals surface area (Å²) in [5.41, 5.74) is 0.212. The van der Waals surface area contributed by atoms with E-state index in [1.165, 1.54) is 0 Å². The Morgan fingerprint density at radius 2 is 1.93 bits per heavy atom. The topological polar surface area (TPSA) is 52.6 Å². The summed E-state index contributed by atoms with van der Waals surface area (Å²) in [5, 5.41) is 8.33. The largest absolute Gasteiger partial charge is 0.434 e. The van der Waals surface area contributed by atoms with Gasteiger partial charge in [-0.1, -0.05) is 23.7 Å². The van der Waals surface area contributed by atoms with Crippen LogP contribution in [-0.4, -0.2) is 43.0 Å². The number of aromatic nitrogens is 1. The molecule has 0 amide bonds. The summed E-state index contributed by atoms with van der Waals surface area (Å²) >= 11 is 6.91. The van der Waals surface area contributed by atoms with E-state index in [9.17, 15) is 13.2 Å². The Hall–Kier alpha value is -1.84. The fourth-order valence-corrected chi connectivity index (χ4v) is 3.33. The molecule has 0 saturated carbocycles. The van der Waals surface area contributed by atoms with Gasteiger partial charge in [0.25, 0.3) is 0 Å². The predicted octanol–water partition coefficient (Wildman–Crippen LogP) is 4.17. The molecule has 0 radical (unpaired) electrons. The molecule has 0 aliphatic carbocycles. The molecule has 10 heteroatoms. The molecule has 0 spiro atoms. The molecule has 2 aromatic rings. The Balaban J connectivity index is 2.05. The Bertz CT molecular complexity index is 774. The second-order valence-electron chi connectivity index (χ2n) is 6.23. The number of rotatable bonds is 7. The maximum absolute atomic E-state index is 12.7. The van der Waals surface area contributed by atoms with Crippen LogP contribution in [0.4, 0.5) is 13.2 Å². The van der Waals surface area contributed by atoms with Gasteiger partial charge in [-0.2, -0.15) is 13.2 Å². The van der Waals surface area contributed by atoms with Gasteiger partial charge in [-0.3, -0.25) is 0 Å². The Kier molecular flexibility index (Phi) is 8.09. The summed E-state index contributed by atoms with van der Waals surface area (Å²) in [4.78, 5) is 10.0. The first-order chi connectivity index (χ1) is 13.2. The molecular weight excluding hydrogens is 411 g/mol. The maximum atomic E-state index is 12.7. The molecule has 0 saturated heterocycles. The number of benzene rings is 1. The third kappa shape index (κ3) is 6.65. The smallest absolute Gasteiger partial charge is 0.357 e. The van der Waals surface area contributed by atoms with Gasteiger partial charge >= 0.3 is 6.18 Å². The number of hydrogen-bond donors (Lipinski definition) is 2. The standard InChI is InChI=1S/C18H23ClF3N5S/c1-4-23-17(25-10-16-26-15(11-28-16)18(20,21)22)24-9-14(27(2)3)12-5-7-13(19)8-6-12/h5-8,11,14H,4,9-10H2,1-3H3,(H2,23,24,25). The molecule has 1 aromatic carbocycles. The quantitative estimate of drug-likeness (QED) is 0.508. The van der Waals surface area contributed by atoms with Crippen LogP contribution in [0.15, 0.2) is 34.6 Å². The zero-order valence-corrected chi connectivity index (χ0v) is 17.4. The third-order valence-electron chi connectivity index (χ3n) is 3.90. The number of thiazole rings is 1. The molecule has 1 atom stereocenters. The van der Waals surface area contributed by atoms with Gasteiger partial charge in [0.2, 0.25) is 0 Å². The predicted molar refractivity (Wildman–Crippen MR) is 108 cm³/mol. The van der Waals surface area contributed by atoms with E-state index in [1.807, 2.05) is 45.3 Å². The van der Waals surface area contributed by atoms with Crippen LogP contribution in [0.5, 0.6) is 0 Å². The van der Waals surface area contributed by atoms with E-state index in [2.05, 4.69) is 25.5 Å². The van der Waals surface area contributed by atoms with E-state index in [0.717, 1.165) is 22.3 Å². The molecule has 0 aliphatic heterocycles. The molecule has 0 bridgehead atoms. The van der Waals surface area contributed by atoms with Crippen molar-refractivity contribution in [3.05, 3.63) is 50.9 Å². The van der Waals surface area contributed by atoms with Gasteiger partial charge in [0.15, 0.2) is 11.7 Å². The SMILES string of the molecule is CCNC(=NCc1nc(C(F)(F)F)cs1)NCC(c1ccc(Cl)cc1)N(C)C. The van der Waals surface area contributed by atoms with Crippen LogP contribution in [0.3, 0.4) is 0 Å². The summed E-state index contributed by atoms with van der Waals surface area (Å²) in [5.74, 6) is 0.520. The van der Waals surface area contributed by atoms with Crippen molar-refractivity contribution in [3.63, 3.8) is 0 Å². The van der Waals surface area contributed by atoms with Crippen LogP contribution in [0.2, 0.25) is 5.02 Å². The number of likely N-dealkylation sites (N-methyl/N-ethyl adjacent to an activating group) is 1. The molecule has 0 fully saturated rings. The Morgan fingerprint density at radius 1 is 1.25 bits per heavy atom. The van der Waals surface area contributed by atoms with Crippen molar-refractivity contribution in [1.82, 2.24) is 20.5 Å². The van der Waals surface area contributed by atoms with E-state index in [-0.39, 0.29) is 12.6 Å². The summed E-state index contributed by atoms with van der Waals surface area (Å²) in [6.45, 7) is 3.19. The summed E-state index contributed by atoms with van der Waals surface area (Å²) in [7, 11) is 3.94. The van der Waals surface area contributed by atoms with Gasteiger partial charge in [0.05, 0.1) is 12.6 Å². The van der Waals surface area contributed by atoms with Crippen LogP contribution < -0.4 is 10.6 Å². The highest BCUT2D eigenvalue weighted by molar-refractivity contribution is 7.09. The summed E-state index contributed by atoms with van der Waals surface area (Å²) in [6, 6.07) is 7.68. The summed E-state index contributed by atoms with van der Waals surface area (Å²) < 4.78 is 38.0. The van der Waals surface area contributed by atoms with Crippen LogP contribution in [0, 0.1) is 0 Å². The lowest BCUT2D eigenvalue weighted by Gasteiger charge is -2.26. The van der Waals surface area contributed by atoms with Crippen molar-refractivity contribution in [2.75, 3.05) is 27.2 Å². The fraction of sp³-hybridized carbons (Fsp3) is 0.444. The molecular formula is C18H23ClF3N5S. The number of halogens is 4. The molecule has 2 N–H and O–H groups in total. The van der Waals surface area contributed by atoms with E-state index < -0.39 is 11.9 Å². The minimum absolute atomic E-state index is 0.0674. The van der Waals surface area contributed by atoms with Gasteiger partial charge in [0, 0.05) is 23.5 Å². The van der Waals surface area contributed by atoms with Gasteiger partial charge in [0.1, 0.15) is 5.01 Å². The highest BCUT2D eigenvalue weighted by Crippen LogP contribution is 2.30. The van der Waals surface area contributed by atoms with Crippen molar-refractivity contribution >= 4 is 28.9 Å². The average molecular weight is 434 g/mol. The fourth-order valence-electron chi connectivity index (χ4n) is 2.48. The molecule has 2 rings (SSSR count). The molecule has 5 nitrogen and oxygen atoms in total. The van der Waals surface area contributed by atoms with E-state index in [4.69, 9.17) is 11.6 Å². The number of guanidine groups is 1. The molecule has 28 heavy (non-hydrogen) atoms. The average Bonchev–Trinajstić information content (AvgIpc) is 3.10. The van der Waals surface area contributed by atoms with Crippen LogP contribution in [0.1, 0.15) is 29.2 Å². The van der Waals surface area contributed by atoms with Crippen LogP contribution in [-0.2, 0) is 12.7 Å². The second-order valence-corrected chi connectivity index (χ2v) is 7.61. The highest BCUT2D eigenvalue weighted by Gasteiger charge is 2.33. The monoisotopic (exact) mass is 433 g/mol. The van der Waals surface area contributed by atoms with Crippen molar-refractivity contribution in [1.29, 1.82) is 0 Å². The zero-order valence-electron chi connectivity index (χ0n) is 15.8. The summed E-state index contributed by atoms with van der Waals surface area (Å²) in [6.07, 6.45) is -4.43. The van der Waals surface area contributed by atoms with Crippen molar-refractivity contribution in [2.45, 2.75) is 25.7 Å². The number of hydrogen-bond acceptors (Lipinski definition) is 4. The van der Waals surface area contributed by atoms with Crippen molar-refractivity contribution in [3.8, 4) is 0 Å². The van der Waals surface area contributed by atoms with Crippen molar-refractivity contribution < 1.29 is 13.2 Å². The highest BCUT2D eigenvalue weighted by atomic mass is 35.5. The van der Waals surface area contributed by atoms with Crippen LogP contribution in [0.25, 0.3) is 0 Å². The minimum Gasteiger partial charge on any atom is -0.357 e. The number of nitrogens with zero attached hydrogens (tertiary/aromatic N) is 3. The Labute approximate surface area is 171 Å². The molecule has 0 aliphatic rings. The maximum Gasteiger partial charge on any atom is 0.434 e. The minimum atomic E-state index is -4.43. The first kappa shape index (κ1) is 22.4. The zero-order chi connectivity index (χ0) is 20.7. The lowest BCUT2D eigenvalue weighted by molar-refractivity contribution is -0.140. The number of nitrogens with one attached hydrogen (secondary N) is 2. The first-order valence-electron chi connectivity index (χ1n) is 8.66. The van der Waals surface area contributed by atoms with E-state index >= 15 is 0 Å². The molecule has 154 valence electrons. The lowest BCUT2D eigenvalue weighted by atomic mass is 10.1. The second kappa shape index (κ2) is 10.1.